The summed E-state index contributed by atoms with van der Waals surface area (Å²) >= 11 is 5.84. The fourth-order valence-corrected chi connectivity index (χ4v) is 1.42. The van der Waals surface area contributed by atoms with Crippen LogP contribution in [0.25, 0.3) is 5.03 Å². The first-order valence-corrected chi connectivity index (χ1v) is 4.71. The molecular weight excluding hydrogens is 220 g/mol. The number of rotatable bonds is 2. The molecule has 0 N–H and O–H groups in total. The number of nitrogens with zero attached hydrogens (tertiary/aromatic N) is 1. The molecule has 4 heteroatoms. The number of benzene rings is 1. The largest absolute Gasteiger partial charge is 0.207 e. The van der Waals surface area contributed by atoms with E-state index in [2.05, 4.69) is 0 Å². The van der Waals surface area contributed by atoms with E-state index in [-0.39, 0.29) is 10.6 Å². The molecule has 1 nitrogen and oxygen atoms in total. The van der Waals surface area contributed by atoms with Gasteiger partial charge in [0.2, 0.25) is 0 Å². The molecule has 0 aliphatic carbocycles. The Kier molecular flexibility index (Phi) is 3.81. The van der Waals surface area contributed by atoms with E-state index in [0.29, 0.717) is 12.0 Å². The molecule has 0 bridgehead atoms. The van der Waals surface area contributed by atoms with Crippen molar-refractivity contribution in [3.63, 3.8) is 0 Å². The second-order valence-corrected chi connectivity index (χ2v) is 3.29. The molecular formula is C11H8ClF2N. The summed E-state index contributed by atoms with van der Waals surface area (Å²) in [6.45, 7) is 1.75. The highest BCUT2D eigenvalue weighted by Gasteiger charge is 2.08. The Morgan fingerprint density at radius 1 is 1.33 bits per heavy atom. The van der Waals surface area contributed by atoms with Gasteiger partial charge in [0.1, 0.15) is 11.6 Å². The maximum absolute atomic E-state index is 12.9. The Morgan fingerprint density at radius 2 is 1.87 bits per heavy atom. The van der Waals surface area contributed by atoms with E-state index in [4.69, 9.17) is 16.9 Å². The van der Waals surface area contributed by atoms with E-state index >= 15 is 0 Å². The molecule has 0 aromatic heterocycles. The smallest absolute Gasteiger partial charge is 0.126 e. The van der Waals surface area contributed by atoms with Crippen LogP contribution in [0, 0.1) is 23.0 Å². The highest BCUT2D eigenvalue weighted by molar-refractivity contribution is 6.49. The van der Waals surface area contributed by atoms with Gasteiger partial charge in [0.05, 0.1) is 11.1 Å². The van der Waals surface area contributed by atoms with Gasteiger partial charge in [0.25, 0.3) is 0 Å². The van der Waals surface area contributed by atoms with Crippen LogP contribution in [0.5, 0.6) is 0 Å². The Balaban J connectivity index is 3.28. The fraction of sp³-hybridized carbons (Fsp3) is 0.182. The molecule has 0 saturated heterocycles. The molecule has 1 aromatic carbocycles. The van der Waals surface area contributed by atoms with Gasteiger partial charge < -0.3 is 0 Å². The molecule has 0 spiro atoms. The van der Waals surface area contributed by atoms with Gasteiger partial charge in [-0.15, -0.1) is 0 Å². The molecule has 0 aliphatic heterocycles. The number of halogens is 3. The van der Waals surface area contributed by atoms with Crippen molar-refractivity contribution in [1.82, 2.24) is 0 Å². The highest BCUT2D eigenvalue weighted by atomic mass is 35.5. The minimum absolute atomic E-state index is 0.0957. The first-order valence-electron chi connectivity index (χ1n) is 4.33. The van der Waals surface area contributed by atoms with E-state index < -0.39 is 11.6 Å². The predicted molar refractivity (Wildman–Crippen MR) is 55.0 cm³/mol. The van der Waals surface area contributed by atoms with E-state index in [1.54, 1.807) is 6.92 Å². The Bertz CT molecular complexity index is 426. The standard InChI is InChI=1S/C11H8ClF2N/c1-2-7(6-15)11(12)8-3-9(13)5-10(14)4-8/h3-5H,2H2,1H3. The summed E-state index contributed by atoms with van der Waals surface area (Å²) in [5, 5.41) is 8.81. The lowest BCUT2D eigenvalue weighted by atomic mass is 10.1. The second-order valence-electron chi connectivity index (χ2n) is 2.92. The van der Waals surface area contributed by atoms with Crippen LogP contribution < -0.4 is 0 Å². The Morgan fingerprint density at radius 3 is 2.27 bits per heavy atom. The number of allylic oxidation sites excluding steroid dienone is 1. The number of hydrogen-bond acceptors (Lipinski definition) is 1. The van der Waals surface area contributed by atoms with Crippen LogP contribution in [0.1, 0.15) is 18.9 Å². The molecule has 0 atom stereocenters. The van der Waals surface area contributed by atoms with E-state index in [0.717, 1.165) is 18.2 Å². The van der Waals surface area contributed by atoms with E-state index in [9.17, 15) is 8.78 Å². The molecule has 0 saturated carbocycles. The summed E-state index contributed by atoms with van der Waals surface area (Å²) in [4.78, 5) is 0. The second kappa shape index (κ2) is 4.90. The van der Waals surface area contributed by atoms with Crippen LogP contribution in [0.3, 0.4) is 0 Å². The maximum Gasteiger partial charge on any atom is 0.126 e. The van der Waals surface area contributed by atoms with Gasteiger partial charge in [-0.3, -0.25) is 0 Å². The fourth-order valence-electron chi connectivity index (χ4n) is 1.14. The zero-order valence-electron chi connectivity index (χ0n) is 8.02. The molecule has 0 fully saturated rings. The van der Waals surface area contributed by atoms with Gasteiger partial charge in [-0.2, -0.15) is 5.26 Å². The van der Waals surface area contributed by atoms with Crippen molar-refractivity contribution in [2.45, 2.75) is 13.3 Å². The third kappa shape index (κ3) is 2.77. The summed E-state index contributed by atoms with van der Waals surface area (Å²) in [6, 6.07) is 4.84. The Hall–Kier alpha value is -1.40. The molecule has 15 heavy (non-hydrogen) atoms. The molecule has 1 rings (SSSR count). The summed E-state index contributed by atoms with van der Waals surface area (Å²) in [7, 11) is 0. The third-order valence-electron chi connectivity index (χ3n) is 1.87. The van der Waals surface area contributed by atoms with Gasteiger partial charge in [0, 0.05) is 11.6 Å². The van der Waals surface area contributed by atoms with Crippen molar-refractivity contribution >= 4 is 16.6 Å². The monoisotopic (exact) mass is 227 g/mol. The van der Waals surface area contributed by atoms with Gasteiger partial charge in [-0.1, -0.05) is 18.5 Å². The first-order chi connectivity index (χ1) is 7.08. The predicted octanol–water partition coefficient (Wildman–Crippen LogP) is 3.85. The molecule has 0 amide bonds. The molecule has 0 aliphatic rings. The maximum atomic E-state index is 12.9. The van der Waals surface area contributed by atoms with Crippen molar-refractivity contribution in [1.29, 1.82) is 5.26 Å². The average molecular weight is 228 g/mol. The zero-order chi connectivity index (χ0) is 11.4. The lowest BCUT2D eigenvalue weighted by molar-refractivity contribution is 0.582. The van der Waals surface area contributed by atoms with Crippen LogP contribution in [-0.2, 0) is 0 Å². The first kappa shape index (κ1) is 11.7. The van der Waals surface area contributed by atoms with Crippen LogP contribution in [0.4, 0.5) is 8.78 Å². The lowest BCUT2D eigenvalue weighted by Gasteiger charge is -2.02. The van der Waals surface area contributed by atoms with Crippen molar-refractivity contribution < 1.29 is 8.78 Å². The van der Waals surface area contributed by atoms with Gasteiger partial charge in [-0.05, 0) is 24.1 Å². The molecule has 0 unspecified atom stereocenters. The summed E-state index contributed by atoms with van der Waals surface area (Å²) < 4.78 is 25.7. The van der Waals surface area contributed by atoms with Gasteiger partial charge in [-0.25, -0.2) is 8.78 Å². The van der Waals surface area contributed by atoms with Crippen molar-refractivity contribution in [2.75, 3.05) is 0 Å². The number of nitriles is 1. The third-order valence-corrected chi connectivity index (χ3v) is 2.32. The van der Waals surface area contributed by atoms with Crippen LogP contribution in [-0.4, -0.2) is 0 Å². The van der Waals surface area contributed by atoms with Crippen LogP contribution >= 0.6 is 11.6 Å². The molecule has 1 aromatic rings. The van der Waals surface area contributed by atoms with Crippen molar-refractivity contribution in [2.24, 2.45) is 0 Å². The van der Waals surface area contributed by atoms with E-state index in [1.807, 2.05) is 6.07 Å². The number of hydrogen-bond donors (Lipinski definition) is 0. The normalized spacial score (nSPS) is 11.9. The summed E-state index contributed by atoms with van der Waals surface area (Å²) in [6.07, 6.45) is 0.424. The van der Waals surface area contributed by atoms with Crippen LogP contribution in [0.2, 0.25) is 0 Å². The topological polar surface area (TPSA) is 23.8 Å². The highest BCUT2D eigenvalue weighted by Crippen LogP contribution is 2.25. The lowest BCUT2D eigenvalue weighted by Crippen LogP contribution is -1.88. The molecule has 0 radical (unpaired) electrons. The average Bonchev–Trinajstić information content (AvgIpc) is 2.18. The minimum atomic E-state index is -0.712. The molecule has 0 heterocycles. The van der Waals surface area contributed by atoms with Crippen molar-refractivity contribution in [3.8, 4) is 6.07 Å². The summed E-state index contributed by atoms with van der Waals surface area (Å²) in [5.41, 5.74) is 0.495. The van der Waals surface area contributed by atoms with Gasteiger partial charge in [0.15, 0.2) is 0 Å². The van der Waals surface area contributed by atoms with E-state index in [1.165, 1.54) is 0 Å². The van der Waals surface area contributed by atoms with Gasteiger partial charge >= 0.3 is 0 Å². The summed E-state index contributed by atoms with van der Waals surface area (Å²) in [5.74, 6) is -1.42. The van der Waals surface area contributed by atoms with Crippen molar-refractivity contribution in [3.05, 3.63) is 41.0 Å². The molecule has 78 valence electrons. The minimum Gasteiger partial charge on any atom is -0.207 e. The zero-order valence-corrected chi connectivity index (χ0v) is 8.78. The van der Waals surface area contributed by atoms with Crippen LogP contribution in [0.15, 0.2) is 23.8 Å². The SMILES string of the molecule is CCC(C#N)=C(Cl)c1cc(F)cc(F)c1. The Labute approximate surface area is 91.6 Å². The quantitative estimate of drug-likeness (QED) is 0.704.